The van der Waals surface area contributed by atoms with Crippen LogP contribution < -0.4 is 5.32 Å². The van der Waals surface area contributed by atoms with Crippen molar-refractivity contribution in [3.8, 4) is 0 Å². The molecule has 0 aromatic carbocycles. The fourth-order valence-corrected chi connectivity index (χ4v) is 3.37. The third-order valence-electron chi connectivity index (χ3n) is 3.64. The molecule has 0 aromatic rings. The summed E-state index contributed by atoms with van der Waals surface area (Å²) in [4.78, 5) is 36.7. The van der Waals surface area contributed by atoms with Gasteiger partial charge in [-0.25, -0.2) is 0 Å². The Kier molecular flexibility index (Phi) is 4.85. The van der Waals surface area contributed by atoms with E-state index in [1.54, 1.807) is 4.90 Å². The van der Waals surface area contributed by atoms with Crippen LogP contribution in [0, 0.1) is 5.92 Å². The Morgan fingerprint density at radius 2 is 2.21 bits per heavy atom. The van der Waals surface area contributed by atoms with Gasteiger partial charge in [-0.05, 0) is 25.2 Å². The maximum absolute atomic E-state index is 12.0. The Hall–Kier alpha value is -1.04. The van der Waals surface area contributed by atoms with E-state index in [1.807, 2.05) is 0 Å². The number of carbonyl (C=O) groups excluding carboxylic acids is 3. The molecule has 2 aliphatic heterocycles. The van der Waals surface area contributed by atoms with Crippen molar-refractivity contribution in [1.29, 1.82) is 0 Å². The molecular formula is C13H20N2O3S. The van der Waals surface area contributed by atoms with Gasteiger partial charge in [0.2, 0.25) is 11.8 Å². The molecule has 0 saturated carbocycles. The number of rotatable bonds is 3. The SMILES string of the molecule is CC(=O)SCC1CC(=O)N(C2CCCCNC2=O)C1. The van der Waals surface area contributed by atoms with Crippen LogP contribution in [0.5, 0.6) is 0 Å². The molecule has 2 aliphatic rings. The number of amides is 2. The largest absolute Gasteiger partial charge is 0.354 e. The minimum Gasteiger partial charge on any atom is -0.354 e. The zero-order chi connectivity index (χ0) is 13.8. The van der Waals surface area contributed by atoms with Crippen molar-refractivity contribution in [3.63, 3.8) is 0 Å². The molecule has 0 radical (unpaired) electrons. The first-order valence-electron chi connectivity index (χ1n) is 6.78. The number of carbonyl (C=O) groups is 3. The normalized spacial score (nSPS) is 28.2. The average molecular weight is 284 g/mol. The molecule has 2 fully saturated rings. The Balaban J connectivity index is 1.94. The lowest BCUT2D eigenvalue weighted by Crippen LogP contribution is -2.46. The molecule has 2 rings (SSSR count). The molecule has 2 atom stereocenters. The smallest absolute Gasteiger partial charge is 0.242 e. The molecule has 0 aliphatic carbocycles. The van der Waals surface area contributed by atoms with E-state index >= 15 is 0 Å². The molecule has 6 heteroatoms. The van der Waals surface area contributed by atoms with E-state index in [0.717, 1.165) is 19.3 Å². The summed E-state index contributed by atoms with van der Waals surface area (Å²) in [6.07, 6.45) is 3.17. The van der Waals surface area contributed by atoms with Crippen LogP contribution in [0.1, 0.15) is 32.6 Å². The topological polar surface area (TPSA) is 66.5 Å². The second-order valence-electron chi connectivity index (χ2n) is 5.22. The van der Waals surface area contributed by atoms with Crippen molar-refractivity contribution in [3.05, 3.63) is 0 Å². The third-order valence-corrected chi connectivity index (χ3v) is 4.69. The molecule has 2 amide bonds. The zero-order valence-corrected chi connectivity index (χ0v) is 12.0. The van der Waals surface area contributed by atoms with E-state index in [9.17, 15) is 14.4 Å². The highest BCUT2D eigenvalue weighted by Crippen LogP contribution is 2.26. The average Bonchev–Trinajstić information content (AvgIpc) is 2.58. The van der Waals surface area contributed by atoms with E-state index in [4.69, 9.17) is 0 Å². The first-order valence-corrected chi connectivity index (χ1v) is 7.77. The van der Waals surface area contributed by atoms with Gasteiger partial charge in [-0.1, -0.05) is 11.8 Å². The monoisotopic (exact) mass is 284 g/mol. The Morgan fingerprint density at radius 3 is 2.95 bits per heavy atom. The van der Waals surface area contributed by atoms with Crippen LogP contribution in [0.25, 0.3) is 0 Å². The zero-order valence-electron chi connectivity index (χ0n) is 11.2. The van der Waals surface area contributed by atoms with E-state index in [0.29, 0.717) is 25.3 Å². The predicted molar refractivity (Wildman–Crippen MR) is 73.6 cm³/mol. The van der Waals surface area contributed by atoms with Crippen LogP contribution in [0.4, 0.5) is 0 Å². The van der Waals surface area contributed by atoms with Crippen LogP contribution in [0.15, 0.2) is 0 Å². The standard InChI is InChI=1S/C13H20N2O3S/c1-9(16)19-8-10-6-12(17)15(7-10)11-4-2-3-5-14-13(11)18/h10-11H,2-8H2,1H3,(H,14,18). The van der Waals surface area contributed by atoms with Crippen LogP contribution in [-0.4, -0.2) is 46.7 Å². The number of thioether (sulfide) groups is 1. The maximum atomic E-state index is 12.0. The second kappa shape index (κ2) is 6.41. The predicted octanol–water partition coefficient (Wildman–Crippen LogP) is 0.783. The maximum Gasteiger partial charge on any atom is 0.242 e. The minimum absolute atomic E-state index is 0.0225. The van der Waals surface area contributed by atoms with Gasteiger partial charge in [0.1, 0.15) is 6.04 Å². The summed E-state index contributed by atoms with van der Waals surface area (Å²) in [5.74, 6) is 0.894. The number of likely N-dealkylation sites (tertiary alicyclic amines) is 1. The molecule has 0 spiro atoms. The van der Waals surface area contributed by atoms with Gasteiger partial charge in [-0.2, -0.15) is 0 Å². The van der Waals surface area contributed by atoms with Gasteiger partial charge in [-0.15, -0.1) is 0 Å². The fraction of sp³-hybridized carbons (Fsp3) is 0.769. The molecule has 5 nitrogen and oxygen atoms in total. The van der Waals surface area contributed by atoms with Crippen molar-refractivity contribution >= 4 is 28.7 Å². The number of hydrogen-bond acceptors (Lipinski definition) is 4. The molecule has 0 bridgehead atoms. The Labute approximate surface area is 117 Å². The van der Waals surface area contributed by atoms with Gasteiger partial charge in [0.05, 0.1) is 0 Å². The second-order valence-corrected chi connectivity index (χ2v) is 6.42. The van der Waals surface area contributed by atoms with Crippen molar-refractivity contribution in [2.75, 3.05) is 18.8 Å². The van der Waals surface area contributed by atoms with E-state index in [2.05, 4.69) is 5.32 Å². The lowest BCUT2D eigenvalue weighted by molar-refractivity contribution is -0.137. The molecular weight excluding hydrogens is 264 g/mol. The van der Waals surface area contributed by atoms with Crippen LogP contribution >= 0.6 is 11.8 Å². The third kappa shape index (κ3) is 3.72. The van der Waals surface area contributed by atoms with E-state index in [-0.39, 0.29) is 28.9 Å². The van der Waals surface area contributed by atoms with Crippen LogP contribution in [0.3, 0.4) is 0 Å². The summed E-state index contributed by atoms with van der Waals surface area (Å²) in [6, 6.07) is -0.303. The highest BCUT2D eigenvalue weighted by atomic mass is 32.2. The highest BCUT2D eigenvalue weighted by Gasteiger charge is 2.37. The lowest BCUT2D eigenvalue weighted by Gasteiger charge is -2.25. The summed E-state index contributed by atoms with van der Waals surface area (Å²) >= 11 is 1.27. The van der Waals surface area contributed by atoms with Gasteiger partial charge in [0.15, 0.2) is 5.12 Å². The van der Waals surface area contributed by atoms with Crippen molar-refractivity contribution in [1.82, 2.24) is 10.2 Å². The summed E-state index contributed by atoms with van der Waals surface area (Å²) in [6.45, 7) is 2.86. The first kappa shape index (κ1) is 14.4. The number of hydrogen-bond donors (Lipinski definition) is 1. The van der Waals surface area contributed by atoms with Gasteiger partial charge < -0.3 is 10.2 Å². The summed E-state index contributed by atoms with van der Waals surface area (Å²) in [5.41, 5.74) is 0. The Bertz CT molecular complexity index is 386. The molecule has 19 heavy (non-hydrogen) atoms. The van der Waals surface area contributed by atoms with E-state index < -0.39 is 0 Å². The summed E-state index contributed by atoms with van der Waals surface area (Å²) < 4.78 is 0. The molecule has 2 unspecified atom stereocenters. The van der Waals surface area contributed by atoms with Gasteiger partial charge in [-0.3, -0.25) is 14.4 Å². The molecule has 2 heterocycles. The fourth-order valence-electron chi connectivity index (χ4n) is 2.68. The van der Waals surface area contributed by atoms with Crippen molar-refractivity contribution in [2.45, 2.75) is 38.6 Å². The summed E-state index contributed by atoms with van der Waals surface area (Å²) in [7, 11) is 0. The first-order chi connectivity index (χ1) is 9.08. The molecule has 0 aromatic heterocycles. The van der Waals surface area contributed by atoms with Gasteiger partial charge >= 0.3 is 0 Å². The summed E-state index contributed by atoms with van der Waals surface area (Å²) in [5, 5.41) is 2.95. The highest BCUT2D eigenvalue weighted by molar-refractivity contribution is 8.13. The van der Waals surface area contributed by atoms with Crippen LogP contribution in [0.2, 0.25) is 0 Å². The number of nitrogens with zero attached hydrogens (tertiary/aromatic N) is 1. The Morgan fingerprint density at radius 1 is 1.42 bits per heavy atom. The quantitative estimate of drug-likeness (QED) is 0.832. The van der Waals surface area contributed by atoms with Crippen molar-refractivity contribution in [2.24, 2.45) is 5.92 Å². The molecule has 2 saturated heterocycles. The van der Waals surface area contributed by atoms with Crippen molar-refractivity contribution < 1.29 is 14.4 Å². The van der Waals surface area contributed by atoms with Crippen LogP contribution in [-0.2, 0) is 14.4 Å². The lowest BCUT2D eigenvalue weighted by atomic mass is 10.1. The van der Waals surface area contributed by atoms with E-state index in [1.165, 1.54) is 18.7 Å². The molecule has 1 N–H and O–H groups in total. The van der Waals surface area contributed by atoms with Gasteiger partial charge in [0, 0.05) is 32.2 Å². The minimum atomic E-state index is -0.303. The van der Waals surface area contributed by atoms with Gasteiger partial charge in [0.25, 0.3) is 0 Å². The number of nitrogens with one attached hydrogen (secondary N) is 1. The molecule has 106 valence electrons.